The van der Waals surface area contributed by atoms with E-state index in [-0.39, 0.29) is 5.69 Å². The third-order valence-electron chi connectivity index (χ3n) is 3.52. The molecule has 0 saturated carbocycles. The van der Waals surface area contributed by atoms with Crippen molar-refractivity contribution in [2.24, 2.45) is 0 Å². The van der Waals surface area contributed by atoms with Crippen LogP contribution in [0.1, 0.15) is 33.7 Å². The molecule has 0 atom stereocenters. The normalized spacial score (nSPS) is 13.6. The number of aryl methyl sites for hydroxylation is 1. The summed E-state index contributed by atoms with van der Waals surface area (Å²) in [5, 5.41) is 13.5. The molecule has 0 unspecified atom stereocenters. The monoisotopic (exact) mass is 320 g/mol. The Kier molecular flexibility index (Phi) is 2.93. The molecule has 0 spiro atoms. The average Bonchev–Trinajstić information content (AvgIpc) is 2.90. The number of aromatic nitrogens is 2. The number of carboxylic acids is 1. The van der Waals surface area contributed by atoms with Crippen molar-refractivity contribution in [2.75, 3.05) is 0 Å². The molecule has 1 aromatic carbocycles. The first-order valence-corrected chi connectivity index (χ1v) is 6.98. The number of halogens is 1. The minimum Gasteiger partial charge on any atom is -0.476 e. The number of hydrogen-bond acceptors (Lipinski definition) is 2. The van der Waals surface area contributed by atoms with Gasteiger partial charge in [-0.2, -0.15) is 5.10 Å². The maximum absolute atomic E-state index is 11.3. The van der Waals surface area contributed by atoms with Crippen LogP contribution in [0.25, 0.3) is 5.69 Å². The first kappa shape index (κ1) is 12.4. The van der Waals surface area contributed by atoms with Gasteiger partial charge in [-0.25, -0.2) is 9.48 Å². The maximum atomic E-state index is 11.3. The highest BCUT2D eigenvalue weighted by Gasteiger charge is 2.26. The number of fused-ring (bicyclic) bond motifs is 1. The number of hydrogen-bond donors (Lipinski definition) is 1. The van der Waals surface area contributed by atoms with Crippen LogP contribution in [0.2, 0.25) is 0 Å². The van der Waals surface area contributed by atoms with Crippen LogP contribution in [0.5, 0.6) is 0 Å². The highest BCUT2D eigenvalue weighted by molar-refractivity contribution is 9.10. The van der Waals surface area contributed by atoms with E-state index in [9.17, 15) is 9.90 Å². The zero-order valence-corrected chi connectivity index (χ0v) is 12.1. The number of carboxylic acid groups (broad SMARTS) is 1. The molecule has 1 aromatic heterocycles. The van der Waals surface area contributed by atoms with Crippen LogP contribution >= 0.6 is 15.9 Å². The molecule has 98 valence electrons. The Labute approximate surface area is 119 Å². The van der Waals surface area contributed by atoms with Crippen molar-refractivity contribution in [3.8, 4) is 5.69 Å². The average molecular weight is 321 g/mol. The Hall–Kier alpha value is -1.62. The minimum atomic E-state index is -0.938. The molecule has 0 amide bonds. The Bertz CT molecular complexity index is 676. The third-order valence-corrected chi connectivity index (χ3v) is 4.01. The molecule has 0 bridgehead atoms. The van der Waals surface area contributed by atoms with Crippen LogP contribution in [0, 0.1) is 6.92 Å². The Morgan fingerprint density at radius 1 is 1.42 bits per heavy atom. The fourth-order valence-electron chi connectivity index (χ4n) is 2.66. The van der Waals surface area contributed by atoms with Gasteiger partial charge in [-0.05, 0) is 49.9 Å². The van der Waals surface area contributed by atoms with Gasteiger partial charge in [0.2, 0.25) is 0 Å². The molecule has 4 nitrogen and oxygen atoms in total. The SMILES string of the molecule is Cc1cc(Br)ccc1-n1nc(C(=O)O)c2c1CCC2. The standard InChI is InChI=1S/C14H13BrN2O2/c1-8-7-9(15)5-6-11(8)17-12-4-2-3-10(12)13(16-17)14(18)19/h5-7H,2-4H2,1H3,(H,18,19). The molecule has 1 aliphatic carbocycles. The van der Waals surface area contributed by atoms with Gasteiger partial charge in [0, 0.05) is 15.7 Å². The molecule has 3 rings (SSSR count). The van der Waals surface area contributed by atoms with E-state index in [0.717, 1.165) is 46.2 Å². The summed E-state index contributed by atoms with van der Waals surface area (Å²) in [7, 11) is 0. The van der Waals surface area contributed by atoms with E-state index < -0.39 is 5.97 Å². The quantitative estimate of drug-likeness (QED) is 0.924. The first-order chi connectivity index (χ1) is 9.08. The lowest BCUT2D eigenvalue weighted by molar-refractivity contribution is 0.0689. The van der Waals surface area contributed by atoms with Gasteiger partial charge < -0.3 is 5.11 Å². The second kappa shape index (κ2) is 4.49. The molecule has 0 fully saturated rings. The summed E-state index contributed by atoms with van der Waals surface area (Å²) in [4.78, 5) is 11.3. The zero-order valence-electron chi connectivity index (χ0n) is 10.5. The second-order valence-corrected chi connectivity index (χ2v) is 5.69. The fourth-order valence-corrected chi connectivity index (χ4v) is 3.14. The van der Waals surface area contributed by atoms with Crippen LogP contribution in [0.3, 0.4) is 0 Å². The lowest BCUT2D eigenvalue weighted by Crippen LogP contribution is -2.05. The highest BCUT2D eigenvalue weighted by Crippen LogP contribution is 2.29. The summed E-state index contributed by atoms with van der Waals surface area (Å²) < 4.78 is 2.81. The van der Waals surface area contributed by atoms with Gasteiger partial charge in [-0.15, -0.1) is 0 Å². The molecular formula is C14H13BrN2O2. The summed E-state index contributed by atoms with van der Waals surface area (Å²) in [5.41, 5.74) is 4.17. The molecule has 0 saturated heterocycles. The summed E-state index contributed by atoms with van der Waals surface area (Å²) >= 11 is 3.44. The minimum absolute atomic E-state index is 0.204. The fraction of sp³-hybridized carbons (Fsp3) is 0.286. The summed E-state index contributed by atoms with van der Waals surface area (Å²) in [6, 6.07) is 5.93. The van der Waals surface area contributed by atoms with Crippen LogP contribution < -0.4 is 0 Å². The molecule has 1 aliphatic rings. The van der Waals surface area contributed by atoms with E-state index in [1.807, 2.05) is 25.1 Å². The number of aromatic carboxylic acids is 1. The highest BCUT2D eigenvalue weighted by atomic mass is 79.9. The van der Waals surface area contributed by atoms with Crippen molar-refractivity contribution in [3.63, 3.8) is 0 Å². The summed E-state index contributed by atoms with van der Waals surface area (Å²) in [6.07, 6.45) is 2.71. The van der Waals surface area contributed by atoms with Gasteiger partial charge >= 0.3 is 5.97 Å². The maximum Gasteiger partial charge on any atom is 0.356 e. The molecule has 0 radical (unpaired) electrons. The van der Waals surface area contributed by atoms with Gasteiger partial charge in [0.05, 0.1) is 5.69 Å². The van der Waals surface area contributed by atoms with E-state index in [0.29, 0.717) is 0 Å². The summed E-state index contributed by atoms with van der Waals surface area (Å²) in [5.74, 6) is -0.938. The van der Waals surface area contributed by atoms with E-state index in [4.69, 9.17) is 0 Å². The Morgan fingerprint density at radius 3 is 2.89 bits per heavy atom. The van der Waals surface area contributed by atoms with E-state index in [1.165, 1.54) is 0 Å². The van der Waals surface area contributed by atoms with Gasteiger partial charge in [-0.3, -0.25) is 0 Å². The molecule has 2 aromatic rings. The predicted octanol–water partition coefficient (Wildman–Crippen LogP) is 3.13. The Morgan fingerprint density at radius 2 is 2.21 bits per heavy atom. The van der Waals surface area contributed by atoms with Gasteiger partial charge in [-0.1, -0.05) is 15.9 Å². The molecular weight excluding hydrogens is 308 g/mol. The van der Waals surface area contributed by atoms with Gasteiger partial charge in [0.1, 0.15) is 0 Å². The number of rotatable bonds is 2. The topological polar surface area (TPSA) is 55.1 Å². The second-order valence-electron chi connectivity index (χ2n) is 4.78. The van der Waals surface area contributed by atoms with Crippen molar-refractivity contribution in [1.82, 2.24) is 9.78 Å². The molecule has 1 heterocycles. The number of benzene rings is 1. The lowest BCUT2D eigenvalue weighted by atomic mass is 10.2. The van der Waals surface area contributed by atoms with Crippen LogP contribution in [0.4, 0.5) is 0 Å². The summed E-state index contributed by atoms with van der Waals surface area (Å²) in [6.45, 7) is 2.00. The van der Waals surface area contributed by atoms with Crippen molar-refractivity contribution < 1.29 is 9.90 Å². The zero-order chi connectivity index (χ0) is 13.6. The number of carbonyl (C=O) groups is 1. The molecule has 0 aliphatic heterocycles. The van der Waals surface area contributed by atoms with Crippen molar-refractivity contribution in [1.29, 1.82) is 0 Å². The molecule has 1 N–H and O–H groups in total. The smallest absolute Gasteiger partial charge is 0.356 e. The third kappa shape index (κ3) is 1.98. The van der Waals surface area contributed by atoms with Gasteiger partial charge in [0.25, 0.3) is 0 Å². The van der Waals surface area contributed by atoms with E-state index in [2.05, 4.69) is 21.0 Å². The largest absolute Gasteiger partial charge is 0.476 e. The van der Waals surface area contributed by atoms with E-state index in [1.54, 1.807) is 4.68 Å². The molecule has 19 heavy (non-hydrogen) atoms. The first-order valence-electron chi connectivity index (χ1n) is 6.18. The van der Waals surface area contributed by atoms with Crippen molar-refractivity contribution >= 4 is 21.9 Å². The van der Waals surface area contributed by atoms with Crippen LogP contribution in [-0.2, 0) is 12.8 Å². The number of nitrogens with zero attached hydrogens (tertiary/aromatic N) is 2. The predicted molar refractivity (Wildman–Crippen MR) is 75.0 cm³/mol. The Balaban J connectivity index is 2.21. The van der Waals surface area contributed by atoms with E-state index >= 15 is 0 Å². The van der Waals surface area contributed by atoms with Crippen LogP contribution in [-0.4, -0.2) is 20.9 Å². The van der Waals surface area contributed by atoms with Crippen molar-refractivity contribution in [2.45, 2.75) is 26.2 Å². The lowest BCUT2D eigenvalue weighted by Gasteiger charge is -2.09. The van der Waals surface area contributed by atoms with Gasteiger partial charge in [0.15, 0.2) is 5.69 Å². The van der Waals surface area contributed by atoms with Crippen molar-refractivity contribution in [3.05, 3.63) is 45.2 Å². The van der Waals surface area contributed by atoms with Crippen LogP contribution in [0.15, 0.2) is 22.7 Å². The molecule has 5 heteroatoms.